The number of nitrogens with one attached hydrogen (secondary N) is 1. The summed E-state index contributed by atoms with van der Waals surface area (Å²) in [5, 5.41) is 12.6. The summed E-state index contributed by atoms with van der Waals surface area (Å²) in [6.45, 7) is -0.999. The van der Waals surface area contributed by atoms with Crippen LogP contribution in [0.2, 0.25) is 0 Å². The number of pyridine rings is 1. The fraction of sp³-hybridized carbons (Fsp3) is 0.333. The third-order valence-corrected chi connectivity index (χ3v) is 5.11. The van der Waals surface area contributed by atoms with E-state index in [1.165, 1.54) is 0 Å². The molecule has 0 aliphatic heterocycles. The Bertz CT molecular complexity index is 906. The number of carbonyl (C=O) groups excluding carboxylic acids is 1. The molecule has 0 bridgehead atoms. The van der Waals surface area contributed by atoms with E-state index in [2.05, 4.69) is 10.3 Å². The molecule has 0 spiro atoms. The molecule has 152 valence electrons. The maximum atomic E-state index is 13.2. The summed E-state index contributed by atoms with van der Waals surface area (Å²) in [7, 11) is -3.16. The van der Waals surface area contributed by atoms with E-state index < -0.39 is 39.4 Å². The van der Waals surface area contributed by atoms with Crippen molar-refractivity contribution in [3.8, 4) is 11.1 Å². The number of rotatable bonds is 8. The smallest absolute Gasteiger partial charge is 0.253 e. The molecule has 0 aliphatic rings. The number of alkyl halides is 3. The second-order valence-electron chi connectivity index (χ2n) is 6.25. The zero-order chi connectivity index (χ0) is 20.9. The van der Waals surface area contributed by atoms with Crippen LogP contribution in [0, 0.1) is 0 Å². The summed E-state index contributed by atoms with van der Waals surface area (Å²) in [5.74, 6) is -0.929. The van der Waals surface area contributed by atoms with Crippen LogP contribution in [0.25, 0.3) is 11.1 Å². The standard InChI is InChI=1S/C18H19Cl2FN2O4S/c1-28(26,27)10-14-7-6-13(9-22-14)11-2-4-12(5-3-11)16(24)15(8-21)23-18(25)17(19)20/h2-7,9,15-17,24H,8,10H2,1H3,(H,23,25). The highest BCUT2D eigenvalue weighted by atomic mass is 35.5. The molecule has 1 aromatic carbocycles. The average Bonchev–Trinajstić information content (AvgIpc) is 2.64. The lowest BCUT2D eigenvalue weighted by atomic mass is 9.99. The number of sulfone groups is 1. The second kappa shape index (κ2) is 9.65. The van der Waals surface area contributed by atoms with Crippen LogP contribution < -0.4 is 5.32 Å². The molecule has 2 aromatic rings. The molecule has 1 amide bonds. The lowest BCUT2D eigenvalue weighted by Gasteiger charge is -2.22. The van der Waals surface area contributed by atoms with Gasteiger partial charge in [0.2, 0.25) is 0 Å². The van der Waals surface area contributed by atoms with E-state index in [1.807, 2.05) is 0 Å². The first-order valence-electron chi connectivity index (χ1n) is 8.16. The van der Waals surface area contributed by atoms with E-state index in [1.54, 1.807) is 42.6 Å². The van der Waals surface area contributed by atoms with Crippen LogP contribution in [0.5, 0.6) is 0 Å². The van der Waals surface area contributed by atoms with E-state index in [0.717, 1.165) is 17.4 Å². The van der Waals surface area contributed by atoms with Gasteiger partial charge in [-0.3, -0.25) is 9.78 Å². The summed E-state index contributed by atoms with van der Waals surface area (Å²) in [6.07, 6.45) is 1.41. The van der Waals surface area contributed by atoms with Gasteiger partial charge in [0.25, 0.3) is 5.91 Å². The van der Waals surface area contributed by atoms with Crippen molar-refractivity contribution in [1.82, 2.24) is 10.3 Å². The SMILES string of the molecule is CS(=O)(=O)Cc1ccc(-c2ccc(C(O)C(CF)NC(=O)C(Cl)Cl)cc2)cn1. The molecule has 0 aliphatic carbocycles. The Labute approximate surface area is 172 Å². The summed E-state index contributed by atoms with van der Waals surface area (Å²) in [6, 6.07) is 8.78. The minimum Gasteiger partial charge on any atom is -0.386 e. The fourth-order valence-electron chi connectivity index (χ4n) is 2.50. The lowest BCUT2D eigenvalue weighted by Crippen LogP contribution is -2.43. The highest BCUT2D eigenvalue weighted by molar-refractivity contribution is 7.89. The molecule has 2 unspecified atom stereocenters. The minimum atomic E-state index is -3.16. The van der Waals surface area contributed by atoms with Gasteiger partial charge in [0.15, 0.2) is 14.7 Å². The number of aromatic nitrogens is 1. The van der Waals surface area contributed by atoms with Crippen molar-refractivity contribution in [3.63, 3.8) is 0 Å². The molecule has 1 aromatic heterocycles. The first-order chi connectivity index (χ1) is 13.1. The molecule has 2 atom stereocenters. The maximum Gasteiger partial charge on any atom is 0.253 e. The van der Waals surface area contributed by atoms with Crippen molar-refractivity contribution >= 4 is 38.9 Å². The number of hydrogen-bond donors (Lipinski definition) is 2. The molecule has 0 radical (unpaired) electrons. The van der Waals surface area contributed by atoms with Gasteiger partial charge in [-0.2, -0.15) is 0 Å². The van der Waals surface area contributed by atoms with Crippen LogP contribution in [0.1, 0.15) is 17.4 Å². The molecule has 1 heterocycles. The van der Waals surface area contributed by atoms with Gasteiger partial charge in [0, 0.05) is 18.0 Å². The van der Waals surface area contributed by atoms with E-state index in [4.69, 9.17) is 23.2 Å². The van der Waals surface area contributed by atoms with Gasteiger partial charge in [0.1, 0.15) is 12.8 Å². The Kier molecular flexibility index (Phi) is 7.77. The number of amides is 1. The van der Waals surface area contributed by atoms with Crippen LogP contribution in [0.15, 0.2) is 42.6 Å². The highest BCUT2D eigenvalue weighted by Gasteiger charge is 2.25. The van der Waals surface area contributed by atoms with Crippen molar-refractivity contribution in [3.05, 3.63) is 53.9 Å². The topological polar surface area (TPSA) is 96.4 Å². The van der Waals surface area contributed by atoms with Gasteiger partial charge in [-0.15, -0.1) is 0 Å². The number of nitrogens with zero attached hydrogens (tertiary/aromatic N) is 1. The van der Waals surface area contributed by atoms with Crippen LogP contribution >= 0.6 is 23.2 Å². The van der Waals surface area contributed by atoms with Crippen molar-refractivity contribution in [1.29, 1.82) is 0 Å². The predicted octanol–water partition coefficient (Wildman–Crippen LogP) is 2.58. The normalized spacial score (nSPS) is 13.9. The molecular weight excluding hydrogens is 430 g/mol. The molecule has 10 heteroatoms. The number of carbonyl (C=O) groups is 1. The molecule has 6 nitrogen and oxygen atoms in total. The van der Waals surface area contributed by atoms with Crippen molar-refractivity contribution in [2.45, 2.75) is 22.7 Å². The molecular formula is C18H19Cl2FN2O4S. The molecule has 0 fully saturated rings. The average molecular weight is 449 g/mol. The van der Waals surface area contributed by atoms with Crippen LogP contribution in [-0.4, -0.2) is 48.2 Å². The molecule has 2 rings (SSSR count). The monoisotopic (exact) mass is 448 g/mol. The fourth-order valence-corrected chi connectivity index (χ4v) is 3.34. The maximum absolute atomic E-state index is 13.2. The van der Waals surface area contributed by atoms with Crippen LogP contribution in [-0.2, 0) is 20.4 Å². The van der Waals surface area contributed by atoms with Crippen molar-refractivity contribution < 1.29 is 22.7 Å². The van der Waals surface area contributed by atoms with E-state index in [-0.39, 0.29) is 5.75 Å². The number of aliphatic hydroxyl groups is 1. The Hall–Kier alpha value is -1.74. The molecule has 0 saturated carbocycles. The third kappa shape index (κ3) is 6.41. The quantitative estimate of drug-likeness (QED) is 0.604. The zero-order valence-corrected chi connectivity index (χ0v) is 17.2. The summed E-state index contributed by atoms with van der Waals surface area (Å²) < 4.78 is 35.8. The molecule has 28 heavy (non-hydrogen) atoms. The largest absolute Gasteiger partial charge is 0.386 e. The number of halogens is 3. The Balaban J connectivity index is 2.12. The summed E-state index contributed by atoms with van der Waals surface area (Å²) in [4.78, 5) is 14.3. The Morgan fingerprint density at radius 3 is 2.25 bits per heavy atom. The molecule has 2 N–H and O–H groups in total. The first kappa shape index (κ1) is 22.5. The summed E-state index contributed by atoms with van der Waals surface area (Å²) >= 11 is 10.9. The van der Waals surface area contributed by atoms with Crippen LogP contribution in [0.4, 0.5) is 4.39 Å². The number of aliphatic hydroxyl groups excluding tert-OH is 1. The Morgan fingerprint density at radius 1 is 1.18 bits per heavy atom. The van der Waals surface area contributed by atoms with E-state index >= 15 is 0 Å². The van der Waals surface area contributed by atoms with Crippen molar-refractivity contribution in [2.24, 2.45) is 0 Å². The second-order valence-corrected chi connectivity index (χ2v) is 9.48. The van der Waals surface area contributed by atoms with Crippen LogP contribution in [0.3, 0.4) is 0 Å². The van der Waals surface area contributed by atoms with E-state index in [0.29, 0.717) is 11.3 Å². The van der Waals surface area contributed by atoms with Crippen molar-refractivity contribution in [2.75, 3.05) is 12.9 Å². The van der Waals surface area contributed by atoms with Gasteiger partial charge in [-0.25, -0.2) is 12.8 Å². The van der Waals surface area contributed by atoms with Gasteiger partial charge >= 0.3 is 0 Å². The third-order valence-electron chi connectivity index (χ3n) is 3.89. The highest BCUT2D eigenvalue weighted by Crippen LogP contribution is 2.24. The summed E-state index contributed by atoms with van der Waals surface area (Å²) in [5.41, 5.74) is 2.36. The Morgan fingerprint density at radius 2 is 1.79 bits per heavy atom. The zero-order valence-electron chi connectivity index (χ0n) is 14.8. The number of hydrogen-bond acceptors (Lipinski definition) is 5. The van der Waals surface area contributed by atoms with Gasteiger partial charge in [-0.05, 0) is 17.2 Å². The minimum absolute atomic E-state index is 0.139. The van der Waals surface area contributed by atoms with E-state index in [9.17, 15) is 22.7 Å². The lowest BCUT2D eigenvalue weighted by molar-refractivity contribution is -0.121. The van der Waals surface area contributed by atoms with Gasteiger partial charge in [-0.1, -0.05) is 53.5 Å². The van der Waals surface area contributed by atoms with Gasteiger partial charge < -0.3 is 10.4 Å². The first-order valence-corrected chi connectivity index (χ1v) is 11.1. The number of benzene rings is 1. The molecule has 0 saturated heterocycles. The van der Waals surface area contributed by atoms with Gasteiger partial charge in [0.05, 0.1) is 17.5 Å². The predicted molar refractivity (Wildman–Crippen MR) is 107 cm³/mol.